The van der Waals surface area contributed by atoms with Crippen molar-refractivity contribution in [2.75, 3.05) is 0 Å². The van der Waals surface area contributed by atoms with Gasteiger partial charge in [-0.2, -0.15) is 0 Å². The number of aryl methyl sites for hydroxylation is 2. The average Bonchev–Trinajstić information content (AvgIpc) is 2.87. The Morgan fingerprint density at radius 3 is 2.00 bits per heavy atom. The van der Waals surface area contributed by atoms with Gasteiger partial charge in [-0.1, -0.05) is 35.7 Å². The van der Waals surface area contributed by atoms with Crippen molar-refractivity contribution in [2.24, 2.45) is 0 Å². The maximum Gasteiger partial charge on any atom is 0.350 e. The molecule has 1 aromatic heterocycles. The second kappa shape index (κ2) is 9.79. The highest BCUT2D eigenvalue weighted by Crippen LogP contribution is 2.40. The summed E-state index contributed by atoms with van der Waals surface area (Å²) in [5.74, 6) is 0. The summed E-state index contributed by atoms with van der Waals surface area (Å²) in [7, 11) is -6.22. The number of allylic oxidation sites excluding steroid dienone is 1. The van der Waals surface area contributed by atoms with Crippen molar-refractivity contribution >= 4 is 47.6 Å². The maximum atomic E-state index is 6.85. The topological polar surface area (TPSA) is 31.4 Å². The lowest BCUT2D eigenvalue weighted by atomic mass is 9.85. The van der Waals surface area contributed by atoms with Crippen LogP contribution in [-0.2, 0) is 21.1 Å². The zero-order valence-corrected chi connectivity index (χ0v) is 25.7. The molecule has 0 N–H and O–H groups in total. The summed E-state index contributed by atoms with van der Waals surface area (Å²) in [6.07, 6.45) is 10.2. The van der Waals surface area contributed by atoms with Crippen LogP contribution in [0.25, 0.3) is 5.57 Å². The molecule has 0 amide bonds. The number of hydrogen-bond acceptors (Lipinski definition) is 3. The zero-order chi connectivity index (χ0) is 24.7. The fourth-order valence-electron chi connectivity index (χ4n) is 5.48. The summed E-state index contributed by atoms with van der Waals surface area (Å²) in [5.41, 5.74) is 8.10. The van der Waals surface area contributed by atoms with Gasteiger partial charge in [0, 0.05) is 22.0 Å². The molecule has 0 unspecified atom stereocenters. The van der Waals surface area contributed by atoms with E-state index in [0.29, 0.717) is 0 Å². The van der Waals surface area contributed by atoms with Gasteiger partial charge in [0.1, 0.15) is 0 Å². The first-order valence-electron chi connectivity index (χ1n) is 12.8. The first-order chi connectivity index (χ1) is 15.8. The third-order valence-corrected chi connectivity index (χ3v) is 16.1. The number of nitrogens with zero attached hydrogens (tertiary/aromatic N) is 1. The molecule has 2 aliphatic carbocycles. The van der Waals surface area contributed by atoms with Crippen molar-refractivity contribution in [1.29, 1.82) is 0 Å². The van der Waals surface area contributed by atoms with E-state index in [4.69, 9.17) is 24.8 Å². The molecule has 0 aliphatic heterocycles. The highest BCUT2D eigenvalue weighted by atomic mass is 35.5. The van der Waals surface area contributed by atoms with Gasteiger partial charge in [-0.3, -0.25) is 4.98 Å². The molecule has 1 saturated carbocycles. The third-order valence-electron chi connectivity index (χ3n) is 6.54. The average molecular weight is 530 g/mol. The Morgan fingerprint density at radius 2 is 1.38 bits per heavy atom. The van der Waals surface area contributed by atoms with Crippen LogP contribution in [0, 0.1) is 0 Å². The fourth-order valence-corrected chi connectivity index (χ4v) is 17.2. The quantitative estimate of drug-likeness (QED) is 0.374. The number of pyridine rings is 1. The van der Waals surface area contributed by atoms with Gasteiger partial charge in [-0.25, -0.2) is 0 Å². The molecular formula is C27H40ClNO2Si3. The van der Waals surface area contributed by atoms with Crippen LogP contribution in [0.1, 0.15) is 54.5 Å². The summed E-state index contributed by atoms with van der Waals surface area (Å²) in [4.78, 5) is 5.20. The normalized spacial score (nSPS) is 17.3. The number of hydrogen-bond donors (Lipinski definition) is 0. The van der Waals surface area contributed by atoms with E-state index in [2.05, 4.69) is 70.2 Å². The number of aromatic nitrogens is 1. The standard InChI is InChI=1S/C27H40ClNO2Si3/c1-32(2,3)30-34(7,31-33(4,5)6)24-18-22-14-13-21-17-23(28)15-16-25(21)26(27(22)29-19-24)20-11-9-8-10-12-20/h15-19H,8-14H2,1-7H3. The molecule has 0 bridgehead atoms. The van der Waals surface area contributed by atoms with E-state index in [-0.39, 0.29) is 0 Å². The molecule has 0 atom stereocenters. The van der Waals surface area contributed by atoms with Crippen LogP contribution in [0.2, 0.25) is 50.9 Å². The summed E-state index contributed by atoms with van der Waals surface area (Å²) in [6.45, 7) is 15.8. The summed E-state index contributed by atoms with van der Waals surface area (Å²) >= 11 is 6.43. The summed E-state index contributed by atoms with van der Waals surface area (Å²) < 4.78 is 13.7. The predicted molar refractivity (Wildman–Crippen MR) is 152 cm³/mol. The first kappa shape index (κ1) is 26.0. The van der Waals surface area contributed by atoms with E-state index >= 15 is 0 Å². The Hall–Kier alpha value is -1.03. The molecule has 1 fully saturated rings. The van der Waals surface area contributed by atoms with Gasteiger partial charge in [-0.15, -0.1) is 0 Å². The Labute approximate surface area is 214 Å². The largest absolute Gasteiger partial charge is 0.433 e. The van der Waals surface area contributed by atoms with E-state index < -0.39 is 25.2 Å². The Bertz CT molecular complexity index is 1080. The van der Waals surface area contributed by atoms with Crippen LogP contribution in [0.15, 0.2) is 36.0 Å². The van der Waals surface area contributed by atoms with Gasteiger partial charge < -0.3 is 8.23 Å². The van der Waals surface area contributed by atoms with Crippen molar-refractivity contribution < 1.29 is 8.23 Å². The van der Waals surface area contributed by atoms with Crippen LogP contribution in [0.3, 0.4) is 0 Å². The van der Waals surface area contributed by atoms with Gasteiger partial charge in [0.2, 0.25) is 0 Å². The van der Waals surface area contributed by atoms with Gasteiger partial charge in [-0.05, 0) is 113 Å². The summed E-state index contributed by atoms with van der Waals surface area (Å²) in [6, 6.07) is 8.80. The van der Waals surface area contributed by atoms with Gasteiger partial charge >= 0.3 is 8.56 Å². The molecule has 0 radical (unpaired) electrons. The van der Waals surface area contributed by atoms with Crippen molar-refractivity contribution in [3.8, 4) is 0 Å². The van der Waals surface area contributed by atoms with E-state index in [1.54, 1.807) is 5.57 Å². The Balaban J connectivity index is 1.86. The van der Waals surface area contributed by atoms with Crippen molar-refractivity contribution in [1.82, 2.24) is 4.98 Å². The van der Waals surface area contributed by atoms with Crippen LogP contribution < -0.4 is 5.19 Å². The minimum Gasteiger partial charge on any atom is -0.433 e. The SMILES string of the molecule is C[Si](C)(C)O[Si](C)(O[Si](C)(C)C)c1cnc2c(c1)CCc1cc(Cl)ccc1C2=C1CCCCC1. The number of rotatable bonds is 5. The Kier molecular flexibility index (Phi) is 7.50. The molecule has 4 rings (SSSR count). The highest BCUT2D eigenvalue weighted by Gasteiger charge is 2.43. The van der Waals surface area contributed by atoms with Crippen LogP contribution >= 0.6 is 11.6 Å². The zero-order valence-electron chi connectivity index (χ0n) is 22.0. The molecule has 2 aliphatic rings. The Morgan fingerprint density at radius 1 is 0.765 bits per heavy atom. The molecule has 1 heterocycles. The number of benzene rings is 1. The molecule has 0 spiro atoms. The molecular weight excluding hydrogens is 490 g/mol. The lowest BCUT2D eigenvalue weighted by Crippen LogP contribution is -2.60. The van der Waals surface area contributed by atoms with Crippen LogP contribution in [0.4, 0.5) is 0 Å². The summed E-state index contributed by atoms with van der Waals surface area (Å²) in [5, 5.41) is 1.99. The maximum absolute atomic E-state index is 6.85. The molecule has 0 saturated heterocycles. The minimum absolute atomic E-state index is 0.818. The second-order valence-corrected chi connectivity index (χ2v) is 24.9. The minimum atomic E-state index is -2.60. The van der Waals surface area contributed by atoms with Crippen LogP contribution in [0.5, 0.6) is 0 Å². The lowest BCUT2D eigenvalue weighted by molar-refractivity contribution is 0.404. The van der Waals surface area contributed by atoms with Crippen molar-refractivity contribution in [3.05, 3.63) is 63.4 Å². The van der Waals surface area contributed by atoms with E-state index in [9.17, 15) is 0 Å². The van der Waals surface area contributed by atoms with Gasteiger partial charge in [0.05, 0.1) is 5.69 Å². The monoisotopic (exact) mass is 529 g/mol. The highest BCUT2D eigenvalue weighted by molar-refractivity contribution is 6.94. The smallest absolute Gasteiger partial charge is 0.350 e. The molecule has 184 valence electrons. The first-order valence-corrected chi connectivity index (χ1v) is 22.3. The van der Waals surface area contributed by atoms with Crippen molar-refractivity contribution in [2.45, 2.75) is 90.8 Å². The number of halogens is 1. The van der Waals surface area contributed by atoms with Crippen molar-refractivity contribution in [3.63, 3.8) is 0 Å². The molecule has 1 aromatic carbocycles. The van der Waals surface area contributed by atoms with E-state index in [1.165, 1.54) is 65.2 Å². The van der Waals surface area contributed by atoms with Gasteiger partial charge in [0.25, 0.3) is 0 Å². The number of fused-ring (bicyclic) bond motifs is 2. The fraction of sp³-hybridized carbons (Fsp3) is 0.519. The second-order valence-electron chi connectivity index (χ2n) is 11.9. The van der Waals surface area contributed by atoms with E-state index in [1.807, 2.05) is 6.07 Å². The van der Waals surface area contributed by atoms with E-state index in [0.717, 1.165) is 17.9 Å². The lowest BCUT2D eigenvalue weighted by Gasteiger charge is -2.38. The molecule has 34 heavy (non-hydrogen) atoms. The molecule has 3 nitrogen and oxygen atoms in total. The molecule has 7 heteroatoms. The predicted octanol–water partition coefficient (Wildman–Crippen LogP) is 7.58. The van der Waals surface area contributed by atoms with Gasteiger partial charge in [0.15, 0.2) is 16.6 Å². The molecule has 2 aromatic rings. The van der Waals surface area contributed by atoms with Crippen LogP contribution in [-0.4, -0.2) is 30.2 Å². The third kappa shape index (κ3) is 6.02.